The monoisotopic (exact) mass is 366 g/mol. The molecule has 3 nitrogen and oxygen atoms in total. The van der Waals surface area contributed by atoms with Gasteiger partial charge in [-0.15, -0.1) is 0 Å². The van der Waals surface area contributed by atoms with Gasteiger partial charge in [-0.1, -0.05) is 60.7 Å². The minimum atomic E-state index is 0.797. The molecule has 0 aliphatic heterocycles. The second-order valence-corrected chi connectivity index (χ2v) is 6.80. The van der Waals surface area contributed by atoms with Gasteiger partial charge in [0.15, 0.2) is 0 Å². The first-order valence-electron chi connectivity index (χ1n) is 9.27. The zero-order valence-electron chi connectivity index (χ0n) is 16.0. The van der Waals surface area contributed by atoms with Gasteiger partial charge in [-0.3, -0.25) is 0 Å². The second-order valence-electron chi connectivity index (χ2n) is 6.80. The van der Waals surface area contributed by atoms with Crippen molar-refractivity contribution >= 4 is 11.4 Å². The van der Waals surface area contributed by atoms with E-state index in [1.807, 2.05) is 99.0 Å². The average Bonchev–Trinajstić information content (AvgIpc) is 2.75. The Labute approximate surface area is 165 Å². The van der Waals surface area contributed by atoms with Gasteiger partial charge in [0.05, 0.1) is 11.0 Å². The van der Waals surface area contributed by atoms with Gasteiger partial charge in [0.25, 0.3) is 0 Å². The van der Waals surface area contributed by atoms with Crippen molar-refractivity contribution in [3.05, 3.63) is 102 Å². The molecular weight excluding hydrogens is 344 g/mol. The molecule has 0 bridgehead atoms. The van der Waals surface area contributed by atoms with Crippen molar-refractivity contribution in [2.75, 3.05) is 19.0 Å². The topological polar surface area (TPSA) is 28.7 Å². The Balaban J connectivity index is 1.84. The highest BCUT2D eigenvalue weighted by Gasteiger charge is 2.06. The quantitative estimate of drug-likeness (QED) is 0.449. The maximum Gasteiger partial charge on any atom is 0.136 e. The fourth-order valence-electron chi connectivity index (χ4n) is 3.02. The molecule has 0 fully saturated rings. The fourth-order valence-corrected chi connectivity index (χ4v) is 3.02. The summed E-state index contributed by atoms with van der Waals surface area (Å²) in [6, 6.07) is 32.4. The summed E-state index contributed by atoms with van der Waals surface area (Å²) in [5.74, 6) is 1.59. The van der Waals surface area contributed by atoms with Crippen LogP contribution in [0.15, 0.2) is 106 Å². The Hall–Kier alpha value is -3.59. The number of nitrogens with zero attached hydrogens (tertiary/aromatic N) is 2. The van der Waals surface area contributed by atoms with Crippen LogP contribution in [0.1, 0.15) is 0 Å². The van der Waals surface area contributed by atoms with Crippen LogP contribution in [-0.2, 0) is 0 Å². The molecule has 0 atom stereocenters. The maximum atomic E-state index is 6.21. The van der Waals surface area contributed by atoms with Crippen molar-refractivity contribution in [2.24, 2.45) is 4.99 Å². The molecule has 0 saturated heterocycles. The van der Waals surface area contributed by atoms with Crippen molar-refractivity contribution in [1.82, 2.24) is 0 Å². The van der Waals surface area contributed by atoms with E-state index in [0.717, 1.165) is 39.4 Å². The van der Waals surface area contributed by atoms with Crippen LogP contribution in [0.3, 0.4) is 0 Å². The molecule has 28 heavy (non-hydrogen) atoms. The zero-order chi connectivity index (χ0) is 19.3. The van der Waals surface area contributed by atoms with Crippen LogP contribution in [0, 0.1) is 0 Å². The molecule has 3 aromatic carbocycles. The van der Waals surface area contributed by atoms with E-state index in [1.165, 1.54) is 0 Å². The number of hydrogen-bond donors (Lipinski definition) is 0. The van der Waals surface area contributed by atoms with E-state index in [-0.39, 0.29) is 0 Å². The Kier molecular flexibility index (Phi) is 5.07. The molecule has 4 rings (SSSR count). The molecule has 1 heterocycles. The van der Waals surface area contributed by atoms with Crippen LogP contribution in [-0.4, -0.2) is 14.1 Å². The third-order valence-electron chi connectivity index (χ3n) is 4.52. The summed E-state index contributed by atoms with van der Waals surface area (Å²) in [6.45, 7) is 0. The first-order chi connectivity index (χ1) is 13.7. The number of anilines is 1. The van der Waals surface area contributed by atoms with Gasteiger partial charge in [-0.25, -0.2) is 4.99 Å². The summed E-state index contributed by atoms with van der Waals surface area (Å²) in [7, 11) is 4.06. The lowest BCUT2D eigenvalue weighted by atomic mass is 10.1. The van der Waals surface area contributed by atoms with Crippen LogP contribution < -0.4 is 10.3 Å². The molecule has 0 unspecified atom stereocenters. The van der Waals surface area contributed by atoms with Crippen molar-refractivity contribution < 1.29 is 4.42 Å². The van der Waals surface area contributed by atoms with Crippen LogP contribution in [0.4, 0.5) is 11.4 Å². The van der Waals surface area contributed by atoms with Gasteiger partial charge in [-0.05, 0) is 24.3 Å². The van der Waals surface area contributed by atoms with E-state index in [9.17, 15) is 0 Å². The largest absolute Gasteiger partial charge is 0.456 e. The number of benzene rings is 3. The summed E-state index contributed by atoms with van der Waals surface area (Å²) >= 11 is 0. The van der Waals surface area contributed by atoms with E-state index in [1.54, 1.807) is 0 Å². The van der Waals surface area contributed by atoms with Gasteiger partial charge in [0.1, 0.15) is 11.5 Å². The number of hydrogen-bond acceptors (Lipinski definition) is 3. The van der Waals surface area contributed by atoms with E-state index >= 15 is 0 Å². The van der Waals surface area contributed by atoms with Gasteiger partial charge >= 0.3 is 0 Å². The SMILES string of the molecule is CN(C)c1ccc(N=c2cc(-c3ccccc3)oc(-c3ccccc3)c2)cc1. The summed E-state index contributed by atoms with van der Waals surface area (Å²) in [5.41, 5.74) is 4.12. The van der Waals surface area contributed by atoms with E-state index in [0.29, 0.717) is 0 Å². The average molecular weight is 366 g/mol. The smallest absolute Gasteiger partial charge is 0.136 e. The maximum absolute atomic E-state index is 6.21. The minimum absolute atomic E-state index is 0.797. The molecule has 1 aromatic heterocycles. The minimum Gasteiger partial charge on any atom is -0.456 e. The van der Waals surface area contributed by atoms with Crippen molar-refractivity contribution in [3.8, 4) is 22.6 Å². The van der Waals surface area contributed by atoms with E-state index in [4.69, 9.17) is 9.41 Å². The molecular formula is C25H22N2O. The van der Waals surface area contributed by atoms with Crippen LogP contribution in [0.2, 0.25) is 0 Å². The molecule has 138 valence electrons. The molecule has 0 amide bonds. The normalized spacial score (nSPS) is 10.5. The highest BCUT2D eigenvalue weighted by Crippen LogP contribution is 2.25. The van der Waals surface area contributed by atoms with Crippen LogP contribution in [0.5, 0.6) is 0 Å². The first kappa shape index (κ1) is 17.8. The van der Waals surface area contributed by atoms with Crippen molar-refractivity contribution in [2.45, 2.75) is 0 Å². The van der Waals surface area contributed by atoms with Crippen LogP contribution in [0.25, 0.3) is 22.6 Å². The molecule has 0 saturated carbocycles. The summed E-state index contributed by atoms with van der Waals surface area (Å²) < 4.78 is 6.21. The molecule has 0 spiro atoms. The Bertz CT molecular complexity index is 1050. The summed E-state index contributed by atoms with van der Waals surface area (Å²) in [6.07, 6.45) is 0. The van der Waals surface area contributed by atoms with Gasteiger partial charge in [0.2, 0.25) is 0 Å². The predicted molar refractivity (Wildman–Crippen MR) is 116 cm³/mol. The highest BCUT2D eigenvalue weighted by atomic mass is 16.3. The lowest BCUT2D eigenvalue weighted by Crippen LogP contribution is -2.07. The standard InChI is InChI=1S/C25H22N2O/c1-27(2)23-15-13-21(14-16-23)26-22-17-24(19-9-5-3-6-10-19)28-25(18-22)20-11-7-4-8-12-20/h3-18H,1-2H3. The molecule has 4 aromatic rings. The first-order valence-corrected chi connectivity index (χ1v) is 9.27. The highest BCUT2D eigenvalue weighted by molar-refractivity contribution is 5.62. The van der Waals surface area contributed by atoms with Crippen molar-refractivity contribution in [3.63, 3.8) is 0 Å². The van der Waals surface area contributed by atoms with E-state index < -0.39 is 0 Å². The molecule has 0 N–H and O–H groups in total. The van der Waals surface area contributed by atoms with Crippen molar-refractivity contribution in [1.29, 1.82) is 0 Å². The Morgan fingerprint density at radius 1 is 0.643 bits per heavy atom. The van der Waals surface area contributed by atoms with Gasteiger partial charge < -0.3 is 9.32 Å². The molecule has 0 radical (unpaired) electrons. The van der Waals surface area contributed by atoms with E-state index in [2.05, 4.69) is 17.0 Å². The third kappa shape index (κ3) is 4.04. The predicted octanol–water partition coefficient (Wildman–Crippen LogP) is 5.91. The molecule has 3 heteroatoms. The lowest BCUT2D eigenvalue weighted by Gasteiger charge is -2.11. The second kappa shape index (κ2) is 7.97. The van der Waals surface area contributed by atoms with Crippen LogP contribution >= 0.6 is 0 Å². The third-order valence-corrected chi connectivity index (χ3v) is 4.52. The molecule has 0 aliphatic carbocycles. The van der Waals surface area contributed by atoms with Gasteiger partial charge in [-0.2, -0.15) is 0 Å². The zero-order valence-corrected chi connectivity index (χ0v) is 16.0. The fraction of sp³-hybridized carbons (Fsp3) is 0.0800. The number of rotatable bonds is 4. The Morgan fingerprint density at radius 2 is 1.14 bits per heavy atom. The summed E-state index contributed by atoms with van der Waals surface area (Å²) in [4.78, 5) is 6.91. The van der Waals surface area contributed by atoms with Gasteiger partial charge in [0, 0.05) is 43.0 Å². The Morgan fingerprint density at radius 3 is 1.61 bits per heavy atom. The molecule has 0 aliphatic rings. The summed E-state index contributed by atoms with van der Waals surface area (Å²) in [5, 5.41) is 0.863. The lowest BCUT2D eigenvalue weighted by molar-refractivity contribution is 0.579.